The van der Waals surface area contributed by atoms with Crippen molar-refractivity contribution in [3.8, 4) is 0 Å². The molecule has 1 amide bonds. The van der Waals surface area contributed by atoms with Gasteiger partial charge in [0.05, 0.1) is 15.9 Å². The van der Waals surface area contributed by atoms with Gasteiger partial charge in [-0.1, -0.05) is 0 Å². The molecule has 20 heavy (non-hydrogen) atoms. The number of β-amino-alcohol motifs (C(OH)–C–C–N with tert-alkyl or cyclic N) is 1. The number of nitro benzene ring substituents is 1. The van der Waals surface area contributed by atoms with E-state index >= 15 is 0 Å². The first-order valence-corrected chi connectivity index (χ1v) is 7.55. The number of aliphatic hydroxyl groups excluding tert-OH is 1. The highest BCUT2D eigenvalue weighted by atomic mass is 32.2. The molecule has 0 unspecified atom stereocenters. The lowest BCUT2D eigenvalue weighted by Gasteiger charge is -2.30. The van der Waals surface area contributed by atoms with E-state index in [9.17, 15) is 20.0 Å². The molecule has 1 atom stereocenters. The van der Waals surface area contributed by atoms with E-state index in [0.717, 1.165) is 6.42 Å². The number of hydrogen-bond acceptors (Lipinski definition) is 5. The molecule has 2 rings (SSSR count). The van der Waals surface area contributed by atoms with Crippen molar-refractivity contribution in [3.05, 3.63) is 33.9 Å². The summed E-state index contributed by atoms with van der Waals surface area (Å²) in [6, 6.07) is 4.51. The van der Waals surface area contributed by atoms with E-state index in [2.05, 4.69) is 0 Å². The number of hydrogen-bond donors (Lipinski definition) is 1. The van der Waals surface area contributed by atoms with E-state index in [4.69, 9.17) is 0 Å². The van der Waals surface area contributed by atoms with Crippen LogP contribution in [0.2, 0.25) is 0 Å². The number of amides is 1. The van der Waals surface area contributed by atoms with Crippen LogP contribution >= 0.6 is 11.8 Å². The molecule has 1 aromatic rings. The van der Waals surface area contributed by atoms with Gasteiger partial charge in [-0.15, -0.1) is 11.8 Å². The van der Waals surface area contributed by atoms with Crippen LogP contribution in [-0.2, 0) is 0 Å². The van der Waals surface area contributed by atoms with Crippen molar-refractivity contribution in [1.29, 1.82) is 0 Å². The Bertz CT molecular complexity index is 535. The summed E-state index contributed by atoms with van der Waals surface area (Å²) in [5.41, 5.74) is 0.240. The maximum atomic E-state index is 12.3. The number of likely N-dealkylation sites (tertiary alicyclic amines) is 1. The molecule has 1 aliphatic heterocycles. The molecule has 1 aromatic carbocycles. The Hall–Kier alpha value is -1.60. The van der Waals surface area contributed by atoms with E-state index in [1.54, 1.807) is 23.3 Å². The first kappa shape index (κ1) is 14.8. The number of benzene rings is 1. The molecule has 0 radical (unpaired) electrons. The third-order valence-corrected chi connectivity index (χ3v) is 4.09. The fourth-order valence-corrected chi connectivity index (χ4v) is 2.83. The number of thioether (sulfide) groups is 1. The first-order chi connectivity index (χ1) is 9.52. The highest BCUT2D eigenvalue weighted by Crippen LogP contribution is 2.29. The number of piperidine rings is 1. The molecule has 0 saturated carbocycles. The number of carbonyl (C=O) groups excluding carboxylic acids is 1. The molecule has 1 N–H and O–H groups in total. The Morgan fingerprint density at radius 3 is 2.90 bits per heavy atom. The maximum Gasteiger partial charge on any atom is 0.283 e. The summed E-state index contributed by atoms with van der Waals surface area (Å²) >= 11 is 1.27. The van der Waals surface area contributed by atoms with Crippen LogP contribution in [0.5, 0.6) is 0 Å². The summed E-state index contributed by atoms with van der Waals surface area (Å²) in [7, 11) is 0. The lowest BCUT2D eigenvalue weighted by atomic mass is 10.1. The Kier molecular flexibility index (Phi) is 4.61. The third-order valence-electron chi connectivity index (χ3n) is 3.31. The van der Waals surface area contributed by atoms with Crippen LogP contribution in [0.4, 0.5) is 5.69 Å². The van der Waals surface area contributed by atoms with Gasteiger partial charge in [-0.3, -0.25) is 14.9 Å². The van der Waals surface area contributed by atoms with Crippen LogP contribution in [0.3, 0.4) is 0 Å². The SMILES string of the molecule is CSc1ccc(C(=O)N2CCC[C@H](O)C2)cc1[N+](=O)[O-]. The smallest absolute Gasteiger partial charge is 0.283 e. The van der Waals surface area contributed by atoms with E-state index in [1.807, 2.05) is 0 Å². The second-order valence-electron chi connectivity index (χ2n) is 4.69. The zero-order valence-electron chi connectivity index (χ0n) is 11.1. The molecule has 1 heterocycles. The summed E-state index contributed by atoms with van der Waals surface area (Å²) < 4.78 is 0. The average molecular weight is 296 g/mol. The van der Waals surface area contributed by atoms with Crippen molar-refractivity contribution in [2.75, 3.05) is 19.3 Å². The molecule has 6 nitrogen and oxygen atoms in total. The van der Waals surface area contributed by atoms with Crippen LogP contribution in [-0.4, -0.2) is 46.3 Å². The quantitative estimate of drug-likeness (QED) is 0.523. The van der Waals surface area contributed by atoms with E-state index < -0.39 is 11.0 Å². The average Bonchev–Trinajstić information content (AvgIpc) is 2.45. The van der Waals surface area contributed by atoms with Gasteiger partial charge in [0, 0.05) is 24.7 Å². The minimum atomic E-state index is -0.506. The number of nitro groups is 1. The Morgan fingerprint density at radius 2 is 2.30 bits per heavy atom. The Morgan fingerprint density at radius 1 is 1.55 bits per heavy atom. The summed E-state index contributed by atoms with van der Waals surface area (Å²) in [6.07, 6.45) is 2.69. The zero-order valence-corrected chi connectivity index (χ0v) is 11.9. The van der Waals surface area contributed by atoms with Gasteiger partial charge < -0.3 is 10.0 Å². The van der Waals surface area contributed by atoms with E-state index in [1.165, 1.54) is 17.8 Å². The molecule has 0 aliphatic carbocycles. The number of nitrogens with zero attached hydrogens (tertiary/aromatic N) is 2. The molecule has 1 saturated heterocycles. The normalized spacial score (nSPS) is 18.9. The summed E-state index contributed by atoms with van der Waals surface area (Å²) in [5, 5.41) is 20.6. The van der Waals surface area contributed by atoms with Crippen molar-refractivity contribution >= 4 is 23.4 Å². The fourth-order valence-electron chi connectivity index (χ4n) is 2.29. The number of aliphatic hydroxyl groups is 1. The maximum absolute atomic E-state index is 12.3. The van der Waals surface area contributed by atoms with Gasteiger partial charge in [0.25, 0.3) is 11.6 Å². The second-order valence-corrected chi connectivity index (χ2v) is 5.54. The molecule has 0 bridgehead atoms. The monoisotopic (exact) mass is 296 g/mol. The third kappa shape index (κ3) is 3.10. The standard InChI is InChI=1S/C13H16N2O4S/c1-20-12-5-4-9(7-11(12)15(18)19)13(17)14-6-2-3-10(16)8-14/h4-5,7,10,16H,2-3,6,8H2,1H3/t10-/m0/s1. The van der Waals surface area contributed by atoms with Crippen LogP contribution in [0.15, 0.2) is 23.1 Å². The number of carbonyl (C=O) groups is 1. The molecule has 0 spiro atoms. The summed E-state index contributed by atoms with van der Waals surface area (Å²) in [6.45, 7) is 0.866. The molecular weight excluding hydrogens is 280 g/mol. The van der Waals surface area contributed by atoms with Crippen LogP contribution in [0.1, 0.15) is 23.2 Å². The van der Waals surface area contributed by atoms with Crippen molar-refractivity contribution in [3.63, 3.8) is 0 Å². The number of rotatable bonds is 3. The largest absolute Gasteiger partial charge is 0.391 e. The second kappa shape index (κ2) is 6.23. The highest BCUT2D eigenvalue weighted by Gasteiger charge is 2.25. The van der Waals surface area contributed by atoms with Crippen molar-refractivity contribution in [2.24, 2.45) is 0 Å². The Labute approximate surface area is 120 Å². The van der Waals surface area contributed by atoms with Gasteiger partial charge in [-0.2, -0.15) is 0 Å². The van der Waals surface area contributed by atoms with Crippen LogP contribution in [0.25, 0.3) is 0 Å². The molecule has 1 fully saturated rings. The Balaban J connectivity index is 2.26. The van der Waals surface area contributed by atoms with Crippen molar-refractivity contribution < 1.29 is 14.8 Å². The van der Waals surface area contributed by atoms with E-state index in [-0.39, 0.29) is 18.1 Å². The topological polar surface area (TPSA) is 83.7 Å². The highest BCUT2D eigenvalue weighted by molar-refractivity contribution is 7.98. The lowest BCUT2D eigenvalue weighted by molar-refractivity contribution is -0.387. The lowest BCUT2D eigenvalue weighted by Crippen LogP contribution is -2.42. The molecule has 1 aliphatic rings. The van der Waals surface area contributed by atoms with Gasteiger partial charge in [0.1, 0.15) is 0 Å². The van der Waals surface area contributed by atoms with E-state index in [0.29, 0.717) is 23.4 Å². The predicted molar refractivity (Wildman–Crippen MR) is 76.0 cm³/mol. The van der Waals surface area contributed by atoms with Gasteiger partial charge in [-0.25, -0.2) is 0 Å². The molecule has 108 valence electrons. The van der Waals surface area contributed by atoms with Gasteiger partial charge in [0.15, 0.2) is 0 Å². The van der Waals surface area contributed by atoms with Gasteiger partial charge in [0.2, 0.25) is 0 Å². The fraction of sp³-hybridized carbons (Fsp3) is 0.462. The van der Waals surface area contributed by atoms with Crippen molar-refractivity contribution in [2.45, 2.75) is 23.8 Å². The summed E-state index contributed by atoms with van der Waals surface area (Å²) in [5.74, 6) is -0.264. The van der Waals surface area contributed by atoms with Crippen LogP contribution < -0.4 is 0 Å². The minimum Gasteiger partial charge on any atom is -0.391 e. The zero-order chi connectivity index (χ0) is 14.7. The molecule has 7 heteroatoms. The predicted octanol–water partition coefficient (Wildman–Crippen LogP) is 1.91. The van der Waals surface area contributed by atoms with Crippen LogP contribution in [0, 0.1) is 10.1 Å². The minimum absolute atomic E-state index is 0.0547. The first-order valence-electron chi connectivity index (χ1n) is 6.32. The van der Waals surface area contributed by atoms with Crippen molar-refractivity contribution in [1.82, 2.24) is 4.90 Å². The molecular formula is C13H16N2O4S. The molecule has 0 aromatic heterocycles. The van der Waals surface area contributed by atoms with Gasteiger partial charge >= 0.3 is 0 Å². The van der Waals surface area contributed by atoms with Gasteiger partial charge in [-0.05, 0) is 31.2 Å². The summed E-state index contributed by atoms with van der Waals surface area (Å²) in [4.78, 5) is 24.9.